The van der Waals surface area contributed by atoms with Crippen molar-refractivity contribution in [1.82, 2.24) is 14.9 Å². The molecule has 94 valence electrons. The van der Waals surface area contributed by atoms with E-state index in [0.717, 1.165) is 24.5 Å². The van der Waals surface area contributed by atoms with E-state index in [0.29, 0.717) is 12.0 Å². The number of likely N-dealkylation sites (tertiary alicyclic amines) is 1. The van der Waals surface area contributed by atoms with E-state index in [1.54, 1.807) is 6.20 Å². The lowest BCUT2D eigenvalue weighted by atomic mass is 10.0. The maximum Gasteiger partial charge on any atom is 0.221 e. The molecule has 0 atom stereocenters. The predicted molar refractivity (Wildman–Crippen MR) is 70.1 cm³/mol. The molecule has 0 aromatic carbocycles. The molecule has 1 aliphatic heterocycles. The quantitative estimate of drug-likeness (QED) is 0.825. The Morgan fingerprint density at radius 1 is 1.41 bits per heavy atom. The van der Waals surface area contributed by atoms with Crippen molar-refractivity contribution in [2.75, 3.05) is 37.8 Å². The zero-order valence-electron chi connectivity index (χ0n) is 10.8. The lowest BCUT2D eigenvalue weighted by molar-refractivity contribution is 0.252. The monoisotopic (exact) mass is 235 g/mol. The van der Waals surface area contributed by atoms with Gasteiger partial charge in [-0.25, -0.2) is 4.98 Å². The molecule has 1 fully saturated rings. The standard InChI is InChI=1S/C12H21N5/c1-9-8-14-12(13)15-11(9)17(3)10-4-6-16(2)7-5-10/h8,10H,4-7H2,1-3H3,(H2,13,14,15). The first-order valence-electron chi connectivity index (χ1n) is 6.08. The van der Waals surface area contributed by atoms with Gasteiger partial charge in [0.25, 0.3) is 0 Å². The Morgan fingerprint density at radius 2 is 2.06 bits per heavy atom. The van der Waals surface area contributed by atoms with Gasteiger partial charge in [-0.2, -0.15) is 4.98 Å². The van der Waals surface area contributed by atoms with Crippen LogP contribution in [0.15, 0.2) is 6.20 Å². The Kier molecular flexibility index (Phi) is 3.47. The molecule has 2 rings (SSSR count). The van der Waals surface area contributed by atoms with Crippen molar-refractivity contribution in [2.45, 2.75) is 25.8 Å². The lowest BCUT2D eigenvalue weighted by Crippen LogP contribution is -2.42. The number of nitrogen functional groups attached to an aromatic ring is 1. The number of aromatic nitrogens is 2. The number of nitrogens with zero attached hydrogens (tertiary/aromatic N) is 4. The van der Waals surface area contributed by atoms with E-state index < -0.39 is 0 Å². The molecule has 5 heteroatoms. The average molecular weight is 235 g/mol. The molecule has 2 N–H and O–H groups in total. The van der Waals surface area contributed by atoms with E-state index in [1.807, 2.05) is 6.92 Å². The van der Waals surface area contributed by atoms with Crippen molar-refractivity contribution >= 4 is 11.8 Å². The Labute approximate surface area is 103 Å². The molecule has 1 saturated heterocycles. The van der Waals surface area contributed by atoms with Gasteiger partial charge in [-0.3, -0.25) is 0 Å². The number of hydrogen-bond acceptors (Lipinski definition) is 5. The van der Waals surface area contributed by atoms with E-state index in [4.69, 9.17) is 5.73 Å². The molecular formula is C12H21N5. The Hall–Kier alpha value is -1.36. The number of piperidine rings is 1. The molecule has 5 nitrogen and oxygen atoms in total. The fourth-order valence-corrected chi connectivity index (χ4v) is 2.36. The summed E-state index contributed by atoms with van der Waals surface area (Å²) in [5.41, 5.74) is 6.74. The van der Waals surface area contributed by atoms with Crippen LogP contribution in [-0.2, 0) is 0 Å². The minimum atomic E-state index is 0.352. The SMILES string of the molecule is Cc1cnc(N)nc1N(C)C1CCN(C)CC1. The van der Waals surface area contributed by atoms with Gasteiger partial charge in [0.05, 0.1) is 0 Å². The first-order valence-corrected chi connectivity index (χ1v) is 6.08. The summed E-state index contributed by atoms with van der Waals surface area (Å²) in [5.74, 6) is 1.32. The molecule has 0 spiro atoms. The second-order valence-electron chi connectivity index (χ2n) is 4.88. The number of anilines is 2. The summed E-state index contributed by atoms with van der Waals surface area (Å²) in [4.78, 5) is 13.0. The Morgan fingerprint density at radius 3 is 2.71 bits per heavy atom. The Bertz CT molecular complexity index is 384. The smallest absolute Gasteiger partial charge is 0.221 e. The molecule has 17 heavy (non-hydrogen) atoms. The van der Waals surface area contributed by atoms with Gasteiger partial charge in [-0.05, 0) is 39.9 Å². The average Bonchev–Trinajstić information content (AvgIpc) is 2.32. The molecule has 0 aliphatic carbocycles. The van der Waals surface area contributed by atoms with Crippen LogP contribution in [0.25, 0.3) is 0 Å². The summed E-state index contributed by atoms with van der Waals surface area (Å²) in [6, 6.07) is 0.555. The maximum absolute atomic E-state index is 5.66. The van der Waals surface area contributed by atoms with Crippen molar-refractivity contribution in [3.8, 4) is 0 Å². The predicted octanol–water partition coefficient (Wildman–Crippen LogP) is 0.898. The van der Waals surface area contributed by atoms with Gasteiger partial charge >= 0.3 is 0 Å². The zero-order valence-corrected chi connectivity index (χ0v) is 10.8. The van der Waals surface area contributed by atoms with Gasteiger partial charge < -0.3 is 15.5 Å². The summed E-state index contributed by atoms with van der Waals surface area (Å²) < 4.78 is 0. The summed E-state index contributed by atoms with van der Waals surface area (Å²) in [6.45, 7) is 4.32. The number of rotatable bonds is 2. The molecule has 0 unspecified atom stereocenters. The first kappa shape index (κ1) is 12.1. The highest BCUT2D eigenvalue weighted by Crippen LogP contribution is 2.22. The molecule has 0 bridgehead atoms. The van der Waals surface area contributed by atoms with Crippen molar-refractivity contribution in [2.24, 2.45) is 0 Å². The second kappa shape index (κ2) is 4.87. The molecule has 0 saturated carbocycles. The van der Waals surface area contributed by atoms with Crippen LogP contribution in [0.4, 0.5) is 11.8 Å². The highest BCUT2D eigenvalue weighted by Gasteiger charge is 2.22. The van der Waals surface area contributed by atoms with Crippen LogP contribution in [-0.4, -0.2) is 48.1 Å². The molecule has 1 aromatic heterocycles. The van der Waals surface area contributed by atoms with Crippen LogP contribution in [0.3, 0.4) is 0 Å². The topological polar surface area (TPSA) is 58.3 Å². The van der Waals surface area contributed by atoms with Crippen LogP contribution >= 0.6 is 0 Å². The van der Waals surface area contributed by atoms with Crippen LogP contribution in [0, 0.1) is 6.92 Å². The Balaban J connectivity index is 2.13. The maximum atomic E-state index is 5.66. The third-order valence-corrected chi connectivity index (χ3v) is 3.53. The van der Waals surface area contributed by atoms with Gasteiger partial charge in [-0.1, -0.05) is 0 Å². The van der Waals surface area contributed by atoms with E-state index >= 15 is 0 Å². The number of nitrogens with two attached hydrogens (primary N) is 1. The first-order chi connectivity index (χ1) is 8.08. The lowest BCUT2D eigenvalue weighted by Gasteiger charge is -2.36. The zero-order chi connectivity index (χ0) is 12.4. The second-order valence-corrected chi connectivity index (χ2v) is 4.88. The van der Waals surface area contributed by atoms with Crippen molar-refractivity contribution in [3.05, 3.63) is 11.8 Å². The molecule has 0 radical (unpaired) electrons. The fraction of sp³-hybridized carbons (Fsp3) is 0.667. The summed E-state index contributed by atoms with van der Waals surface area (Å²) in [6.07, 6.45) is 4.15. The van der Waals surface area contributed by atoms with Crippen molar-refractivity contribution in [1.29, 1.82) is 0 Å². The highest BCUT2D eigenvalue weighted by molar-refractivity contribution is 5.48. The van der Waals surface area contributed by atoms with Crippen LogP contribution in [0.1, 0.15) is 18.4 Å². The van der Waals surface area contributed by atoms with Gasteiger partial charge in [0, 0.05) is 24.8 Å². The van der Waals surface area contributed by atoms with E-state index in [1.165, 1.54) is 12.8 Å². The molecule has 1 aliphatic rings. The largest absolute Gasteiger partial charge is 0.368 e. The van der Waals surface area contributed by atoms with Crippen LogP contribution < -0.4 is 10.6 Å². The van der Waals surface area contributed by atoms with Crippen LogP contribution in [0.5, 0.6) is 0 Å². The third kappa shape index (κ3) is 2.66. The van der Waals surface area contributed by atoms with Crippen molar-refractivity contribution in [3.63, 3.8) is 0 Å². The highest BCUT2D eigenvalue weighted by atomic mass is 15.2. The van der Waals surface area contributed by atoms with E-state index in [-0.39, 0.29) is 0 Å². The van der Waals surface area contributed by atoms with Crippen molar-refractivity contribution < 1.29 is 0 Å². The summed E-state index contributed by atoms with van der Waals surface area (Å²) in [5, 5.41) is 0. The third-order valence-electron chi connectivity index (χ3n) is 3.53. The fourth-order valence-electron chi connectivity index (χ4n) is 2.36. The summed E-state index contributed by atoms with van der Waals surface area (Å²) >= 11 is 0. The van der Waals surface area contributed by atoms with E-state index in [9.17, 15) is 0 Å². The van der Waals surface area contributed by atoms with Gasteiger partial charge in [-0.15, -0.1) is 0 Å². The minimum Gasteiger partial charge on any atom is -0.368 e. The molecule has 2 heterocycles. The number of hydrogen-bond donors (Lipinski definition) is 1. The number of aryl methyl sites for hydroxylation is 1. The summed E-state index contributed by atoms with van der Waals surface area (Å²) in [7, 11) is 4.27. The normalized spacial score (nSPS) is 18.3. The molecule has 1 aromatic rings. The molecular weight excluding hydrogens is 214 g/mol. The minimum absolute atomic E-state index is 0.352. The van der Waals surface area contributed by atoms with Gasteiger partial charge in [0.15, 0.2) is 0 Å². The van der Waals surface area contributed by atoms with E-state index in [2.05, 4.69) is 33.9 Å². The van der Waals surface area contributed by atoms with Gasteiger partial charge in [0.1, 0.15) is 5.82 Å². The van der Waals surface area contributed by atoms with Crippen LogP contribution in [0.2, 0.25) is 0 Å². The molecule has 0 amide bonds. The van der Waals surface area contributed by atoms with Gasteiger partial charge in [0.2, 0.25) is 5.95 Å².